The van der Waals surface area contributed by atoms with E-state index in [0.29, 0.717) is 4.31 Å². The van der Waals surface area contributed by atoms with Crippen LogP contribution in [0.15, 0.2) is 65.6 Å². The molecule has 0 aliphatic carbocycles. The maximum absolute atomic E-state index is 15.2. The predicted octanol–water partition coefficient (Wildman–Crippen LogP) is 3.76. The van der Waals surface area contributed by atoms with Gasteiger partial charge in [-0.05, 0) is 42.8 Å². The number of hydrogen-bond acceptors (Lipinski definition) is 9. The van der Waals surface area contributed by atoms with E-state index in [9.17, 15) is 31.5 Å². The molecule has 11 nitrogen and oxygen atoms in total. The lowest BCUT2D eigenvalue weighted by molar-refractivity contribution is -0.274. The summed E-state index contributed by atoms with van der Waals surface area (Å²) >= 11 is 6.46. The zero-order valence-corrected chi connectivity index (χ0v) is 26.5. The van der Waals surface area contributed by atoms with Gasteiger partial charge in [-0.1, -0.05) is 29.8 Å². The Hall–Kier alpha value is -4.05. The Bertz CT molecular complexity index is 1810. The van der Waals surface area contributed by atoms with Gasteiger partial charge in [0.1, 0.15) is 22.1 Å². The second-order valence-corrected chi connectivity index (χ2v) is 13.0. The van der Waals surface area contributed by atoms with Gasteiger partial charge in [0.25, 0.3) is 15.9 Å². The predicted molar refractivity (Wildman–Crippen MR) is 159 cm³/mol. The summed E-state index contributed by atoms with van der Waals surface area (Å²) in [6, 6.07) is 11.7. The molecule has 246 valence electrons. The fourth-order valence-electron chi connectivity index (χ4n) is 6.09. The molecule has 2 aliphatic rings. The van der Waals surface area contributed by atoms with E-state index < -0.39 is 62.3 Å². The number of nitrogens with zero attached hydrogens (tertiary/aromatic N) is 3. The molecule has 1 unspecified atom stereocenters. The van der Waals surface area contributed by atoms with E-state index >= 15 is 4.79 Å². The van der Waals surface area contributed by atoms with E-state index in [4.69, 9.17) is 21.1 Å². The molecule has 2 heterocycles. The van der Waals surface area contributed by atoms with Gasteiger partial charge in [-0.3, -0.25) is 14.5 Å². The maximum Gasteiger partial charge on any atom is 0.573 e. The highest BCUT2D eigenvalue weighted by Crippen LogP contribution is 2.55. The van der Waals surface area contributed by atoms with Gasteiger partial charge in [-0.25, -0.2) is 12.7 Å². The quantitative estimate of drug-likeness (QED) is 0.378. The minimum absolute atomic E-state index is 0.0692. The molecule has 2 amide bonds. The molecule has 16 heteroatoms. The lowest BCUT2D eigenvalue weighted by Crippen LogP contribution is -2.59. The fourth-order valence-corrected chi connectivity index (χ4v) is 7.87. The molecule has 0 spiro atoms. The van der Waals surface area contributed by atoms with Gasteiger partial charge in [-0.15, -0.1) is 13.2 Å². The number of sulfonamides is 1. The van der Waals surface area contributed by atoms with Crippen molar-refractivity contribution in [2.24, 2.45) is 0 Å². The van der Waals surface area contributed by atoms with Crippen molar-refractivity contribution < 1.29 is 50.5 Å². The summed E-state index contributed by atoms with van der Waals surface area (Å²) in [5.41, 5.74) is -2.01. The number of carbonyl (C=O) groups is 2. The topological polar surface area (TPSA) is 126 Å². The smallest absolute Gasteiger partial charge is 0.496 e. The third-order valence-corrected chi connectivity index (χ3v) is 9.85. The van der Waals surface area contributed by atoms with Crippen molar-refractivity contribution in [1.82, 2.24) is 9.80 Å². The van der Waals surface area contributed by atoms with Crippen LogP contribution in [0.1, 0.15) is 17.5 Å². The number of anilines is 1. The van der Waals surface area contributed by atoms with Gasteiger partial charge < -0.3 is 24.2 Å². The molecule has 3 aromatic carbocycles. The lowest BCUT2D eigenvalue weighted by Gasteiger charge is -2.42. The standard InChI is InChI=1S/C30H29ClF3N3O8S/c1-35(2)27(39)23-14-18(38)16-36(23)29(20-7-5-6-8-24(20)43-3)21-13-17(31)9-11-22(21)37(28(29)40)46(41,42)26-12-10-19(15-25(26)44-4)45-30(32,33)34/h5-13,15,18,23,38H,14,16H2,1-4H3/t18-,23+,29?/m0/s1. The lowest BCUT2D eigenvalue weighted by atomic mass is 9.80. The largest absolute Gasteiger partial charge is 0.573 e. The molecule has 1 fully saturated rings. The van der Waals surface area contributed by atoms with Crippen LogP contribution < -0.4 is 18.5 Å². The van der Waals surface area contributed by atoms with Crippen LogP contribution in [0.5, 0.6) is 17.2 Å². The number of hydrogen-bond donors (Lipinski definition) is 1. The number of para-hydroxylation sites is 1. The molecule has 0 radical (unpaired) electrons. The van der Waals surface area contributed by atoms with Crippen molar-refractivity contribution in [2.45, 2.75) is 35.4 Å². The van der Waals surface area contributed by atoms with Crippen LogP contribution in [0, 0.1) is 0 Å². The highest BCUT2D eigenvalue weighted by atomic mass is 35.5. The first-order valence-corrected chi connectivity index (χ1v) is 15.5. The molecule has 3 atom stereocenters. The van der Waals surface area contributed by atoms with Crippen molar-refractivity contribution >= 4 is 39.1 Å². The van der Waals surface area contributed by atoms with Gasteiger partial charge in [0.05, 0.1) is 32.1 Å². The second kappa shape index (κ2) is 12.0. The van der Waals surface area contributed by atoms with Gasteiger partial charge in [0, 0.05) is 42.9 Å². The Balaban J connectivity index is 1.81. The van der Waals surface area contributed by atoms with Gasteiger partial charge in [-0.2, -0.15) is 0 Å². The van der Waals surface area contributed by atoms with E-state index in [0.717, 1.165) is 25.3 Å². The molecule has 0 saturated carbocycles. The Morgan fingerprint density at radius 1 is 1.02 bits per heavy atom. The van der Waals surface area contributed by atoms with Crippen LogP contribution in [0.25, 0.3) is 0 Å². The van der Waals surface area contributed by atoms with Crippen LogP contribution in [0.4, 0.5) is 18.9 Å². The van der Waals surface area contributed by atoms with E-state index in [2.05, 4.69) is 4.74 Å². The third-order valence-electron chi connectivity index (χ3n) is 7.88. The van der Waals surface area contributed by atoms with Gasteiger partial charge in [0.15, 0.2) is 5.54 Å². The molecular formula is C30H29ClF3N3O8S. The molecular weight excluding hydrogens is 655 g/mol. The Morgan fingerprint density at radius 3 is 2.33 bits per heavy atom. The Morgan fingerprint density at radius 2 is 1.70 bits per heavy atom. The van der Waals surface area contributed by atoms with Crippen molar-refractivity contribution in [3.8, 4) is 17.2 Å². The minimum Gasteiger partial charge on any atom is -0.496 e. The first kappa shape index (κ1) is 33.3. The van der Waals surface area contributed by atoms with Crippen LogP contribution in [-0.2, 0) is 25.2 Å². The number of fused-ring (bicyclic) bond motifs is 1. The van der Waals surface area contributed by atoms with Crippen LogP contribution in [-0.4, -0.2) is 88.5 Å². The molecule has 3 aromatic rings. The summed E-state index contributed by atoms with van der Waals surface area (Å²) in [5.74, 6) is -2.63. The number of rotatable bonds is 8. The fraction of sp³-hybridized carbons (Fsp3) is 0.333. The molecule has 0 bridgehead atoms. The normalized spacial score (nSPS) is 21.7. The third kappa shape index (κ3) is 5.40. The first-order chi connectivity index (χ1) is 21.6. The number of amides is 2. The summed E-state index contributed by atoms with van der Waals surface area (Å²) in [5, 5.41) is 11.0. The zero-order chi connectivity index (χ0) is 33.8. The molecule has 1 N–H and O–H groups in total. The number of likely N-dealkylation sites (N-methyl/N-ethyl adjacent to an activating group) is 1. The van der Waals surface area contributed by atoms with E-state index in [1.807, 2.05) is 0 Å². The van der Waals surface area contributed by atoms with Crippen LogP contribution >= 0.6 is 11.6 Å². The number of aliphatic hydroxyl groups is 1. The number of halogens is 4. The zero-order valence-electron chi connectivity index (χ0n) is 24.9. The molecule has 0 aromatic heterocycles. The summed E-state index contributed by atoms with van der Waals surface area (Å²) < 4.78 is 83.0. The number of methoxy groups -OCH3 is 2. The SMILES string of the molecule is COc1ccccc1C1(N2C[C@@H](O)C[C@@H]2C(=O)N(C)C)C(=O)N(S(=O)(=O)c2ccc(OC(F)(F)F)cc2OC)c2ccc(Cl)cc21. The Labute approximate surface area is 267 Å². The number of ether oxygens (including phenoxy) is 3. The molecule has 5 rings (SSSR count). The number of aliphatic hydroxyl groups excluding tert-OH is 1. The summed E-state index contributed by atoms with van der Waals surface area (Å²) in [6.07, 6.45) is -6.22. The van der Waals surface area contributed by atoms with Crippen LogP contribution in [0.3, 0.4) is 0 Å². The second-order valence-electron chi connectivity index (χ2n) is 10.8. The van der Waals surface area contributed by atoms with Crippen molar-refractivity contribution in [3.05, 3.63) is 76.8 Å². The minimum atomic E-state index is -5.07. The van der Waals surface area contributed by atoms with E-state index in [1.165, 1.54) is 49.2 Å². The average molecular weight is 684 g/mol. The maximum atomic E-state index is 15.2. The van der Waals surface area contributed by atoms with Crippen molar-refractivity contribution in [1.29, 1.82) is 0 Å². The molecule has 46 heavy (non-hydrogen) atoms. The number of likely N-dealkylation sites (tertiary alicyclic amines) is 1. The van der Waals surface area contributed by atoms with Crippen LogP contribution in [0.2, 0.25) is 5.02 Å². The van der Waals surface area contributed by atoms with Crippen molar-refractivity contribution in [3.63, 3.8) is 0 Å². The van der Waals surface area contributed by atoms with E-state index in [-0.39, 0.29) is 40.6 Å². The average Bonchev–Trinajstić information content (AvgIpc) is 3.50. The molecule has 2 aliphatic heterocycles. The Kier molecular flexibility index (Phi) is 8.66. The number of benzene rings is 3. The number of alkyl halides is 3. The van der Waals surface area contributed by atoms with Gasteiger partial charge >= 0.3 is 6.36 Å². The highest BCUT2D eigenvalue weighted by Gasteiger charge is 2.64. The van der Waals surface area contributed by atoms with E-state index in [1.54, 1.807) is 24.3 Å². The number of carbonyl (C=O) groups excluding carboxylic acids is 2. The monoisotopic (exact) mass is 683 g/mol. The summed E-state index contributed by atoms with van der Waals surface area (Å²) in [6.45, 7) is -0.222. The number of β-amino-alcohol motifs (C(OH)–C–C–N with tert-alkyl or cyclic N) is 1. The highest BCUT2D eigenvalue weighted by molar-refractivity contribution is 7.93. The molecule has 1 saturated heterocycles. The van der Waals surface area contributed by atoms with Gasteiger partial charge in [0.2, 0.25) is 5.91 Å². The summed E-state index contributed by atoms with van der Waals surface area (Å²) in [4.78, 5) is 30.8. The summed E-state index contributed by atoms with van der Waals surface area (Å²) in [7, 11) is 0.470. The first-order valence-electron chi connectivity index (χ1n) is 13.7. The van der Waals surface area contributed by atoms with Crippen molar-refractivity contribution in [2.75, 3.05) is 39.2 Å².